The first-order valence-corrected chi connectivity index (χ1v) is 10.9. The number of carbonyl (C=O) groups excluding carboxylic acids is 1. The smallest absolute Gasteiger partial charge is 0.490 e. The summed E-state index contributed by atoms with van der Waals surface area (Å²) in [6, 6.07) is 0. The van der Waals surface area contributed by atoms with Crippen molar-refractivity contribution in [3.8, 4) is 0 Å². The van der Waals surface area contributed by atoms with Gasteiger partial charge in [-0.25, -0.2) is 9.36 Å². The van der Waals surface area contributed by atoms with E-state index in [2.05, 4.69) is 11.4 Å². The van der Waals surface area contributed by atoms with Crippen molar-refractivity contribution in [3.63, 3.8) is 0 Å². The molecule has 0 amide bonds. The molecule has 0 saturated carbocycles. The Kier molecular flexibility index (Phi) is 10.9. The van der Waals surface area contributed by atoms with Crippen LogP contribution in [0.3, 0.4) is 0 Å². The van der Waals surface area contributed by atoms with Gasteiger partial charge in [-0.15, -0.1) is 0 Å². The molecule has 4 N–H and O–H groups in total. The predicted molar refractivity (Wildman–Crippen MR) is 96.3 cm³/mol. The number of cyclic esters (lactones) is 1. The lowest BCUT2D eigenvalue weighted by molar-refractivity contribution is -0.148. The number of aliphatic hydroxyl groups is 2. The second kappa shape index (κ2) is 12.4. The normalized spacial score (nSPS) is 18.6. The third-order valence-corrected chi connectivity index (χ3v) is 4.57. The van der Waals surface area contributed by atoms with Crippen molar-refractivity contribution >= 4 is 13.8 Å². The van der Waals surface area contributed by atoms with Gasteiger partial charge in [-0.3, -0.25) is 9.79 Å². The molecule has 0 aromatic heterocycles. The highest BCUT2D eigenvalue weighted by molar-refractivity contribution is 7.46. The van der Waals surface area contributed by atoms with Gasteiger partial charge in [0.1, 0.15) is 6.10 Å². The molecule has 1 rings (SSSR count). The summed E-state index contributed by atoms with van der Waals surface area (Å²) in [5.74, 6) is -2.22. The fourth-order valence-corrected chi connectivity index (χ4v) is 3.15. The number of phosphoric ester groups is 1. The van der Waals surface area contributed by atoms with E-state index in [9.17, 15) is 14.5 Å². The Morgan fingerprint density at radius 3 is 2.15 bits per heavy atom. The number of carbonyl (C=O) groups is 1. The quantitative estimate of drug-likeness (QED) is 0.181. The number of aliphatic hydroxyl groups excluding tert-OH is 2. The van der Waals surface area contributed by atoms with Gasteiger partial charge < -0.3 is 24.2 Å². The van der Waals surface area contributed by atoms with Crippen LogP contribution in [0.25, 0.3) is 0 Å². The van der Waals surface area contributed by atoms with Crippen LogP contribution in [0.5, 0.6) is 0 Å². The molecule has 9 nitrogen and oxygen atoms in total. The molecule has 0 bridgehead atoms. The van der Waals surface area contributed by atoms with E-state index in [1.807, 2.05) is 0 Å². The molecule has 0 spiro atoms. The summed E-state index contributed by atoms with van der Waals surface area (Å²) in [7, 11) is -5.00. The molecule has 0 aliphatic carbocycles. The molecule has 1 aliphatic heterocycles. The summed E-state index contributed by atoms with van der Waals surface area (Å²) in [6.45, 7) is 1.63. The summed E-state index contributed by atoms with van der Waals surface area (Å²) >= 11 is 0. The Balaban J connectivity index is 2.46. The van der Waals surface area contributed by atoms with Gasteiger partial charge in [-0.2, -0.15) is 0 Å². The lowest BCUT2D eigenvalue weighted by Crippen LogP contribution is -2.32. The molecule has 0 fully saturated rings. The van der Waals surface area contributed by atoms with Gasteiger partial charge in [-0.05, 0) is 6.42 Å². The number of ether oxygens (including phenoxy) is 2. The molecule has 1 heterocycles. The second-order valence-electron chi connectivity index (χ2n) is 6.53. The molecule has 10 heteroatoms. The number of hydrogen-bond donors (Lipinski definition) is 4. The highest BCUT2D eigenvalue weighted by Crippen LogP contribution is 2.42. The largest absolute Gasteiger partial charge is 0.525 e. The van der Waals surface area contributed by atoms with Crippen LogP contribution in [-0.4, -0.2) is 51.4 Å². The standard InChI is InChI=1S/C17H31O9P/c1-2-3-4-5-6-7-8-9-10-11-24-15-14(13(19)12-18)25-17(20)16(15)26-27(21,22)23/h13-14,18-19H,2-12H2,1H3,(H2,21,22,23)/t13-,14+/m0/s1. The molecule has 1 aliphatic rings. The first-order valence-electron chi connectivity index (χ1n) is 9.42. The Morgan fingerprint density at radius 1 is 1.07 bits per heavy atom. The summed E-state index contributed by atoms with van der Waals surface area (Å²) in [5.41, 5.74) is 0. The SMILES string of the molecule is CCCCCCCCCCCOC1=C(OP(=O)(O)O)C(=O)O[C@@H]1[C@@H](O)CO. The van der Waals surface area contributed by atoms with Crippen LogP contribution < -0.4 is 0 Å². The van der Waals surface area contributed by atoms with Crippen LogP contribution in [0.4, 0.5) is 0 Å². The number of esters is 1. The van der Waals surface area contributed by atoms with Gasteiger partial charge in [0.05, 0.1) is 13.2 Å². The van der Waals surface area contributed by atoms with Gasteiger partial charge in [-0.1, -0.05) is 58.3 Å². The van der Waals surface area contributed by atoms with Crippen molar-refractivity contribution in [2.24, 2.45) is 0 Å². The Bertz CT molecular complexity index is 528. The van der Waals surface area contributed by atoms with Gasteiger partial charge in [0, 0.05) is 0 Å². The van der Waals surface area contributed by atoms with E-state index >= 15 is 0 Å². The van der Waals surface area contributed by atoms with Gasteiger partial charge >= 0.3 is 13.8 Å². The summed E-state index contributed by atoms with van der Waals surface area (Å²) in [5, 5.41) is 18.8. The van der Waals surface area contributed by atoms with E-state index in [1.165, 1.54) is 32.1 Å². The fraction of sp³-hybridized carbons (Fsp3) is 0.824. The number of unbranched alkanes of at least 4 members (excludes halogenated alkanes) is 8. The van der Waals surface area contributed by atoms with Gasteiger partial charge in [0.25, 0.3) is 5.76 Å². The lowest BCUT2D eigenvalue weighted by atomic mass is 10.1. The zero-order valence-corrected chi connectivity index (χ0v) is 16.6. The lowest BCUT2D eigenvalue weighted by Gasteiger charge is -2.18. The van der Waals surface area contributed by atoms with Crippen LogP contribution in [0.2, 0.25) is 0 Å². The maximum Gasteiger partial charge on any atom is 0.525 e. The highest BCUT2D eigenvalue weighted by Gasteiger charge is 2.44. The minimum atomic E-state index is -5.00. The van der Waals surface area contributed by atoms with Crippen LogP contribution in [-0.2, 0) is 23.4 Å². The van der Waals surface area contributed by atoms with Crippen LogP contribution >= 0.6 is 7.82 Å². The Hall–Kier alpha value is -1.12. The molecule has 0 saturated heterocycles. The van der Waals surface area contributed by atoms with Crippen molar-refractivity contribution < 1.29 is 43.4 Å². The third-order valence-electron chi connectivity index (χ3n) is 4.15. The zero-order valence-electron chi connectivity index (χ0n) is 15.7. The van der Waals surface area contributed by atoms with Gasteiger partial charge in [0.15, 0.2) is 11.9 Å². The summed E-state index contributed by atoms with van der Waals surface area (Å²) in [6.07, 6.45) is 7.08. The summed E-state index contributed by atoms with van der Waals surface area (Å²) < 4.78 is 25.6. The third kappa shape index (κ3) is 9.08. The average molecular weight is 410 g/mol. The van der Waals surface area contributed by atoms with Crippen molar-refractivity contribution in [3.05, 3.63) is 11.5 Å². The molecular formula is C17H31O9P. The zero-order chi connectivity index (χ0) is 20.3. The fourth-order valence-electron chi connectivity index (χ4n) is 2.74. The maximum atomic E-state index is 11.8. The monoisotopic (exact) mass is 410 g/mol. The van der Waals surface area contributed by atoms with E-state index < -0.39 is 38.4 Å². The molecule has 27 heavy (non-hydrogen) atoms. The number of rotatable bonds is 15. The first-order chi connectivity index (χ1) is 12.8. The van der Waals surface area contributed by atoms with E-state index in [4.69, 9.17) is 24.4 Å². The second-order valence-corrected chi connectivity index (χ2v) is 7.69. The highest BCUT2D eigenvalue weighted by atomic mass is 31.2. The topological polar surface area (TPSA) is 143 Å². The molecule has 0 aromatic rings. The molecule has 0 radical (unpaired) electrons. The number of hydrogen-bond acceptors (Lipinski definition) is 7. The summed E-state index contributed by atoms with van der Waals surface area (Å²) in [4.78, 5) is 29.6. The molecule has 2 atom stereocenters. The van der Waals surface area contributed by atoms with Crippen molar-refractivity contribution in [1.29, 1.82) is 0 Å². The maximum absolute atomic E-state index is 11.8. The Morgan fingerprint density at radius 2 is 1.63 bits per heavy atom. The van der Waals surface area contributed by atoms with Crippen LogP contribution in [0, 0.1) is 0 Å². The minimum absolute atomic E-state index is 0.171. The van der Waals surface area contributed by atoms with E-state index in [1.54, 1.807) is 0 Å². The van der Waals surface area contributed by atoms with Crippen molar-refractivity contribution in [2.45, 2.75) is 76.9 Å². The van der Waals surface area contributed by atoms with Crippen LogP contribution in [0.15, 0.2) is 11.5 Å². The van der Waals surface area contributed by atoms with Crippen molar-refractivity contribution in [1.82, 2.24) is 0 Å². The van der Waals surface area contributed by atoms with Crippen molar-refractivity contribution in [2.75, 3.05) is 13.2 Å². The van der Waals surface area contributed by atoms with E-state index in [-0.39, 0.29) is 12.4 Å². The van der Waals surface area contributed by atoms with Crippen LogP contribution in [0.1, 0.15) is 64.7 Å². The average Bonchev–Trinajstić information content (AvgIpc) is 2.90. The molecule has 0 aromatic carbocycles. The number of phosphoric acid groups is 1. The predicted octanol–water partition coefficient (Wildman–Crippen LogP) is 2.13. The molecule has 158 valence electrons. The molecular weight excluding hydrogens is 379 g/mol. The minimum Gasteiger partial charge on any atom is -0.490 e. The van der Waals surface area contributed by atoms with E-state index in [0.717, 1.165) is 19.3 Å². The molecule has 0 unspecified atom stereocenters. The Labute approximate surface area is 159 Å². The van der Waals surface area contributed by atoms with Gasteiger partial charge in [0.2, 0.25) is 0 Å². The van der Waals surface area contributed by atoms with E-state index in [0.29, 0.717) is 6.42 Å². The first kappa shape index (κ1) is 23.9.